The molecule has 1 aliphatic rings. The molecular weight excluding hydrogens is 298 g/mol. The van der Waals surface area contributed by atoms with Crippen LogP contribution in [-0.2, 0) is 0 Å². The molecule has 0 radical (unpaired) electrons. The Bertz CT molecular complexity index is 721. The molecule has 1 aromatic carbocycles. The molecule has 0 atom stereocenters. The van der Waals surface area contributed by atoms with E-state index in [1.807, 2.05) is 32.0 Å². The number of benzene rings is 1. The topological polar surface area (TPSA) is 54.0 Å². The van der Waals surface area contributed by atoms with E-state index in [-0.39, 0.29) is 5.91 Å². The van der Waals surface area contributed by atoms with Crippen molar-refractivity contribution in [1.82, 2.24) is 4.98 Å². The van der Waals surface area contributed by atoms with Crippen LogP contribution in [-0.4, -0.2) is 16.9 Å². The van der Waals surface area contributed by atoms with E-state index in [9.17, 15) is 4.79 Å². The summed E-state index contributed by atoms with van der Waals surface area (Å²) in [4.78, 5) is 16.7. The first-order valence-corrected chi connectivity index (χ1v) is 8.72. The Labute approximate surface area is 143 Å². The minimum atomic E-state index is -0.123. The molecule has 4 nitrogen and oxygen atoms in total. The van der Waals surface area contributed by atoms with Gasteiger partial charge in [0.05, 0.1) is 11.3 Å². The van der Waals surface area contributed by atoms with Crippen LogP contribution in [0, 0.1) is 13.8 Å². The lowest BCUT2D eigenvalue weighted by molar-refractivity contribution is 0.102. The highest BCUT2D eigenvalue weighted by molar-refractivity contribution is 6.04. The first-order valence-electron chi connectivity index (χ1n) is 8.72. The number of aryl methyl sites for hydroxylation is 2. The summed E-state index contributed by atoms with van der Waals surface area (Å²) in [5, 5.41) is 6.49. The van der Waals surface area contributed by atoms with Crippen LogP contribution in [0.4, 0.5) is 11.4 Å². The fourth-order valence-corrected chi connectivity index (χ4v) is 3.27. The van der Waals surface area contributed by atoms with Gasteiger partial charge in [-0.05, 0) is 44.4 Å². The summed E-state index contributed by atoms with van der Waals surface area (Å²) in [6.45, 7) is 4.05. The van der Waals surface area contributed by atoms with Gasteiger partial charge in [0, 0.05) is 24.1 Å². The molecule has 1 fully saturated rings. The minimum absolute atomic E-state index is 0.123. The molecule has 1 saturated carbocycles. The number of aromatic nitrogens is 1. The SMILES string of the molecule is Cc1ccc(NC(=O)c2cncc(NC3CCCCC3)c2)c(C)c1. The molecule has 0 saturated heterocycles. The fraction of sp³-hybridized carbons (Fsp3) is 0.400. The second kappa shape index (κ2) is 7.47. The predicted octanol–water partition coefficient (Wildman–Crippen LogP) is 4.70. The average Bonchev–Trinajstić information content (AvgIpc) is 2.58. The number of rotatable bonds is 4. The van der Waals surface area contributed by atoms with E-state index >= 15 is 0 Å². The van der Waals surface area contributed by atoms with Crippen LogP contribution < -0.4 is 10.6 Å². The summed E-state index contributed by atoms with van der Waals surface area (Å²) in [6.07, 6.45) is 9.68. The van der Waals surface area contributed by atoms with Gasteiger partial charge >= 0.3 is 0 Å². The van der Waals surface area contributed by atoms with Crippen molar-refractivity contribution < 1.29 is 4.79 Å². The van der Waals surface area contributed by atoms with Crippen molar-refractivity contribution in [2.75, 3.05) is 10.6 Å². The molecule has 0 aliphatic heterocycles. The maximum Gasteiger partial charge on any atom is 0.257 e. The first-order chi connectivity index (χ1) is 11.6. The Hall–Kier alpha value is -2.36. The van der Waals surface area contributed by atoms with E-state index in [0.717, 1.165) is 16.9 Å². The molecule has 24 heavy (non-hydrogen) atoms. The van der Waals surface area contributed by atoms with Crippen LogP contribution in [0.5, 0.6) is 0 Å². The molecule has 1 heterocycles. The zero-order valence-corrected chi connectivity index (χ0v) is 14.4. The van der Waals surface area contributed by atoms with Gasteiger partial charge in [0.2, 0.25) is 0 Å². The molecule has 2 N–H and O–H groups in total. The van der Waals surface area contributed by atoms with E-state index in [1.54, 1.807) is 12.4 Å². The van der Waals surface area contributed by atoms with Crippen LogP contribution in [0.15, 0.2) is 36.7 Å². The summed E-state index contributed by atoms with van der Waals surface area (Å²) in [7, 11) is 0. The number of pyridine rings is 1. The summed E-state index contributed by atoms with van der Waals surface area (Å²) < 4.78 is 0. The van der Waals surface area contributed by atoms with Crippen molar-refractivity contribution >= 4 is 17.3 Å². The van der Waals surface area contributed by atoms with Crippen molar-refractivity contribution in [3.8, 4) is 0 Å². The largest absolute Gasteiger partial charge is 0.381 e. The summed E-state index contributed by atoms with van der Waals surface area (Å²) >= 11 is 0. The van der Waals surface area contributed by atoms with Gasteiger partial charge in [0.25, 0.3) is 5.91 Å². The van der Waals surface area contributed by atoms with E-state index in [1.165, 1.54) is 37.7 Å². The highest BCUT2D eigenvalue weighted by atomic mass is 16.1. The van der Waals surface area contributed by atoms with E-state index in [4.69, 9.17) is 0 Å². The Morgan fingerprint density at radius 2 is 1.88 bits per heavy atom. The molecule has 126 valence electrons. The van der Waals surface area contributed by atoms with Gasteiger partial charge < -0.3 is 10.6 Å². The Kier molecular flexibility index (Phi) is 5.14. The number of carbonyl (C=O) groups is 1. The fourth-order valence-electron chi connectivity index (χ4n) is 3.27. The maximum atomic E-state index is 12.5. The highest BCUT2D eigenvalue weighted by Gasteiger charge is 2.14. The summed E-state index contributed by atoms with van der Waals surface area (Å²) in [6, 6.07) is 8.40. The van der Waals surface area contributed by atoms with Gasteiger partial charge in [-0.3, -0.25) is 9.78 Å². The van der Waals surface area contributed by atoms with E-state index in [2.05, 4.69) is 21.7 Å². The lowest BCUT2D eigenvalue weighted by atomic mass is 9.95. The zero-order chi connectivity index (χ0) is 16.9. The molecule has 0 spiro atoms. The van der Waals surface area contributed by atoms with Crippen molar-refractivity contribution in [2.45, 2.75) is 52.0 Å². The number of carbonyl (C=O) groups excluding carboxylic acids is 1. The second-order valence-electron chi connectivity index (χ2n) is 6.71. The van der Waals surface area contributed by atoms with Crippen LogP contribution in [0.3, 0.4) is 0 Å². The lowest BCUT2D eigenvalue weighted by Gasteiger charge is -2.23. The quantitative estimate of drug-likeness (QED) is 0.858. The number of anilines is 2. The first kappa shape index (κ1) is 16.5. The monoisotopic (exact) mass is 323 g/mol. The standard InChI is InChI=1S/C20H25N3O/c1-14-8-9-19(15(2)10-14)23-20(24)16-11-18(13-21-12-16)22-17-6-4-3-5-7-17/h8-13,17,22H,3-7H2,1-2H3,(H,23,24). The molecule has 1 aromatic heterocycles. The molecule has 4 heteroatoms. The molecule has 0 bridgehead atoms. The predicted molar refractivity (Wildman–Crippen MR) is 98.6 cm³/mol. The van der Waals surface area contributed by atoms with Gasteiger partial charge in [-0.2, -0.15) is 0 Å². The van der Waals surface area contributed by atoms with Crippen LogP contribution in [0.25, 0.3) is 0 Å². The van der Waals surface area contributed by atoms with Gasteiger partial charge in [0.1, 0.15) is 0 Å². The number of amides is 1. The van der Waals surface area contributed by atoms with E-state index < -0.39 is 0 Å². The smallest absolute Gasteiger partial charge is 0.257 e. The zero-order valence-electron chi connectivity index (χ0n) is 14.4. The summed E-state index contributed by atoms with van der Waals surface area (Å²) in [5.41, 5.74) is 4.60. The number of nitrogens with one attached hydrogen (secondary N) is 2. The maximum absolute atomic E-state index is 12.5. The van der Waals surface area contributed by atoms with E-state index in [0.29, 0.717) is 11.6 Å². The van der Waals surface area contributed by atoms with Crippen molar-refractivity contribution in [2.24, 2.45) is 0 Å². The van der Waals surface area contributed by atoms with Crippen molar-refractivity contribution in [1.29, 1.82) is 0 Å². The molecule has 1 amide bonds. The molecule has 3 rings (SSSR count). The normalized spacial score (nSPS) is 15.1. The van der Waals surface area contributed by atoms with Gasteiger partial charge in [0.15, 0.2) is 0 Å². The Balaban J connectivity index is 1.69. The third-order valence-corrected chi connectivity index (χ3v) is 4.61. The number of hydrogen-bond donors (Lipinski definition) is 2. The molecule has 1 aliphatic carbocycles. The minimum Gasteiger partial charge on any atom is -0.381 e. The van der Waals surface area contributed by atoms with Crippen molar-refractivity contribution in [3.63, 3.8) is 0 Å². The van der Waals surface area contributed by atoms with Gasteiger partial charge in [-0.25, -0.2) is 0 Å². The van der Waals surface area contributed by atoms with Gasteiger partial charge in [-0.15, -0.1) is 0 Å². The summed E-state index contributed by atoms with van der Waals surface area (Å²) in [5.74, 6) is -0.123. The van der Waals surface area contributed by atoms with Crippen LogP contribution in [0.2, 0.25) is 0 Å². The van der Waals surface area contributed by atoms with Crippen LogP contribution in [0.1, 0.15) is 53.6 Å². The third-order valence-electron chi connectivity index (χ3n) is 4.61. The van der Waals surface area contributed by atoms with Crippen LogP contribution >= 0.6 is 0 Å². The second-order valence-corrected chi connectivity index (χ2v) is 6.71. The average molecular weight is 323 g/mol. The number of hydrogen-bond acceptors (Lipinski definition) is 3. The molecular formula is C20H25N3O. The van der Waals surface area contributed by atoms with Gasteiger partial charge in [-0.1, -0.05) is 37.0 Å². The Morgan fingerprint density at radius 3 is 2.62 bits per heavy atom. The third kappa shape index (κ3) is 4.13. The molecule has 2 aromatic rings. The highest BCUT2D eigenvalue weighted by Crippen LogP contribution is 2.22. The molecule has 0 unspecified atom stereocenters. The number of nitrogens with zero attached hydrogens (tertiary/aromatic N) is 1. The lowest BCUT2D eigenvalue weighted by Crippen LogP contribution is -2.22. The Morgan fingerprint density at radius 1 is 1.08 bits per heavy atom. The van der Waals surface area contributed by atoms with Crippen molar-refractivity contribution in [3.05, 3.63) is 53.3 Å².